The van der Waals surface area contributed by atoms with Crippen LogP contribution in [0.3, 0.4) is 0 Å². The molecule has 2 aromatic rings. The van der Waals surface area contributed by atoms with Gasteiger partial charge in [-0.2, -0.15) is 0 Å². The predicted molar refractivity (Wildman–Crippen MR) is 86.6 cm³/mol. The number of hydrogen-bond acceptors (Lipinski definition) is 2. The Hall–Kier alpha value is -2.42. The van der Waals surface area contributed by atoms with Crippen molar-refractivity contribution >= 4 is 23.5 Å². The average molecular weight is 278 g/mol. The number of nitrogens with one attached hydrogen (secondary N) is 1. The molecule has 106 valence electrons. The standard InChI is InChI=1S/C18H18N2O/c1-3-18(2)12-19-16-10-9-14(11-15(16)18)20-17(21)13-7-5-4-6-8-13/h4-12H,3H2,1-2H3,(H,20,21). The third-order valence-corrected chi connectivity index (χ3v) is 4.13. The van der Waals surface area contributed by atoms with E-state index in [0.29, 0.717) is 5.56 Å². The smallest absolute Gasteiger partial charge is 0.255 e. The maximum atomic E-state index is 12.2. The Kier molecular flexibility index (Phi) is 3.34. The molecule has 0 bridgehead atoms. The highest BCUT2D eigenvalue weighted by Gasteiger charge is 2.29. The first kappa shape index (κ1) is 13.6. The monoisotopic (exact) mass is 278 g/mol. The lowest BCUT2D eigenvalue weighted by molar-refractivity contribution is 0.102. The van der Waals surface area contributed by atoms with Gasteiger partial charge in [0.15, 0.2) is 0 Å². The normalized spacial score (nSPS) is 19.3. The molecule has 0 spiro atoms. The van der Waals surface area contributed by atoms with Crippen molar-refractivity contribution in [2.45, 2.75) is 25.7 Å². The van der Waals surface area contributed by atoms with Crippen LogP contribution in [0.1, 0.15) is 36.2 Å². The van der Waals surface area contributed by atoms with Gasteiger partial charge in [-0.3, -0.25) is 9.79 Å². The van der Waals surface area contributed by atoms with Crippen LogP contribution in [-0.4, -0.2) is 12.1 Å². The molecule has 1 heterocycles. The van der Waals surface area contributed by atoms with Crippen molar-refractivity contribution < 1.29 is 4.79 Å². The summed E-state index contributed by atoms with van der Waals surface area (Å²) < 4.78 is 0. The van der Waals surface area contributed by atoms with Crippen LogP contribution >= 0.6 is 0 Å². The van der Waals surface area contributed by atoms with Crippen LogP contribution in [0.25, 0.3) is 0 Å². The fraction of sp³-hybridized carbons (Fsp3) is 0.222. The summed E-state index contributed by atoms with van der Waals surface area (Å²) in [4.78, 5) is 16.7. The number of benzene rings is 2. The number of amides is 1. The fourth-order valence-corrected chi connectivity index (χ4v) is 2.54. The highest BCUT2D eigenvalue weighted by atomic mass is 16.1. The summed E-state index contributed by atoms with van der Waals surface area (Å²) in [6.07, 6.45) is 2.99. The van der Waals surface area contributed by atoms with Gasteiger partial charge in [0.1, 0.15) is 0 Å². The minimum atomic E-state index is -0.0901. The molecule has 3 nitrogen and oxygen atoms in total. The van der Waals surface area contributed by atoms with Crippen molar-refractivity contribution in [2.75, 3.05) is 5.32 Å². The number of carbonyl (C=O) groups is 1. The van der Waals surface area contributed by atoms with Crippen molar-refractivity contribution in [1.29, 1.82) is 0 Å². The first-order chi connectivity index (χ1) is 10.1. The Balaban J connectivity index is 1.86. The molecule has 21 heavy (non-hydrogen) atoms. The molecule has 0 saturated heterocycles. The SMILES string of the molecule is CCC1(C)C=Nc2ccc(NC(=O)c3ccccc3)cc21. The van der Waals surface area contributed by atoms with Crippen molar-refractivity contribution in [3.05, 3.63) is 59.7 Å². The topological polar surface area (TPSA) is 41.5 Å². The molecule has 0 aromatic heterocycles. The quantitative estimate of drug-likeness (QED) is 0.892. The van der Waals surface area contributed by atoms with Crippen molar-refractivity contribution in [3.8, 4) is 0 Å². The number of nitrogens with zero attached hydrogens (tertiary/aromatic N) is 1. The maximum Gasteiger partial charge on any atom is 0.255 e. The fourth-order valence-electron chi connectivity index (χ4n) is 2.54. The van der Waals surface area contributed by atoms with E-state index in [4.69, 9.17) is 0 Å². The number of carbonyl (C=O) groups excluding carboxylic acids is 1. The van der Waals surface area contributed by atoms with E-state index >= 15 is 0 Å². The van der Waals surface area contributed by atoms with E-state index in [1.165, 1.54) is 5.56 Å². The molecular formula is C18H18N2O. The van der Waals surface area contributed by atoms with Gasteiger partial charge < -0.3 is 5.32 Å². The van der Waals surface area contributed by atoms with Gasteiger partial charge in [0.2, 0.25) is 0 Å². The van der Waals surface area contributed by atoms with E-state index < -0.39 is 0 Å². The number of aliphatic imine (C=N–C) groups is 1. The van der Waals surface area contributed by atoms with Gasteiger partial charge in [0.25, 0.3) is 5.91 Å². The number of fused-ring (bicyclic) bond motifs is 1. The van der Waals surface area contributed by atoms with E-state index in [1.807, 2.05) is 54.7 Å². The molecule has 1 aliphatic rings. The van der Waals surface area contributed by atoms with E-state index in [9.17, 15) is 4.79 Å². The lowest BCUT2D eigenvalue weighted by Gasteiger charge is -2.20. The maximum absolute atomic E-state index is 12.2. The third kappa shape index (κ3) is 2.47. The lowest BCUT2D eigenvalue weighted by Crippen LogP contribution is -2.19. The van der Waals surface area contributed by atoms with Crippen molar-refractivity contribution in [2.24, 2.45) is 4.99 Å². The molecule has 1 amide bonds. The predicted octanol–water partition coefficient (Wildman–Crippen LogP) is 4.32. The molecule has 0 fully saturated rings. The van der Waals surface area contributed by atoms with Gasteiger partial charge in [-0.25, -0.2) is 0 Å². The van der Waals surface area contributed by atoms with Crippen molar-refractivity contribution in [1.82, 2.24) is 0 Å². The molecule has 0 radical (unpaired) electrons. The van der Waals surface area contributed by atoms with Gasteiger partial charge in [0, 0.05) is 22.9 Å². The number of anilines is 1. The van der Waals surface area contributed by atoms with E-state index in [0.717, 1.165) is 17.8 Å². The zero-order chi connectivity index (χ0) is 14.9. The summed E-state index contributed by atoms with van der Waals surface area (Å²) in [6.45, 7) is 4.32. The first-order valence-electron chi connectivity index (χ1n) is 7.18. The average Bonchev–Trinajstić information content (AvgIpc) is 2.86. The molecule has 1 N–H and O–H groups in total. The van der Waals surface area contributed by atoms with Gasteiger partial charge in [-0.1, -0.05) is 32.0 Å². The molecule has 0 aliphatic carbocycles. The van der Waals surface area contributed by atoms with Gasteiger partial charge in [-0.05, 0) is 42.3 Å². The van der Waals surface area contributed by atoms with Crippen LogP contribution in [-0.2, 0) is 5.41 Å². The minimum absolute atomic E-state index is 0.0389. The molecule has 0 saturated carbocycles. The van der Waals surface area contributed by atoms with Crippen LogP contribution in [0.15, 0.2) is 53.5 Å². The Morgan fingerprint density at radius 3 is 2.67 bits per heavy atom. The van der Waals surface area contributed by atoms with E-state index in [1.54, 1.807) is 0 Å². The van der Waals surface area contributed by atoms with Gasteiger partial charge in [0.05, 0.1) is 5.69 Å². The van der Waals surface area contributed by atoms with Crippen LogP contribution < -0.4 is 5.32 Å². The van der Waals surface area contributed by atoms with E-state index in [2.05, 4.69) is 24.2 Å². The van der Waals surface area contributed by atoms with Crippen LogP contribution in [0.4, 0.5) is 11.4 Å². The Morgan fingerprint density at radius 1 is 1.19 bits per heavy atom. The first-order valence-corrected chi connectivity index (χ1v) is 7.18. The zero-order valence-electron chi connectivity index (χ0n) is 12.3. The summed E-state index contributed by atoms with van der Waals surface area (Å²) in [6, 6.07) is 15.1. The molecule has 1 atom stereocenters. The molecule has 3 rings (SSSR count). The second-order valence-corrected chi connectivity index (χ2v) is 5.58. The lowest BCUT2D eigenvalue weighted by atomic mass is 9.82. The van der Waals surface area contributed by atoms with E-state index in [-0.39, 0.29) is 11.3 Å². The summed E-state index contributed by atoms with van der Waals surface area (Å²) in [5.74, 6) is -0.0901. The second-order valence-electron chi connectivity index (χ2n) is 5.58. The molecule has 1 aliphatic heterocycles. The second kappa shape index (κ2) is 5.17. The Morgan fingerprint density at radius 2 is 1.95 bits per heavy atom. The largest absolute Gasteiger partial charge is 0.322 e. The zero-order valence-corrected chi connectivity index (χ0v) is 12.3. The summed E-state index contributed by atoms with van der Waals surface area (Å²) >= 11 is 0. The minimum Gasteiger partial charge on any atom is -0.322 e. The summed E-state index contributed by atoms with van der Waals surface area (Å²) in [5, 5.41) is 2.96. The Labute approximate surface area is 124 Å². The molecule has 3 heteroatoms. The number of hydrogen-bond donors (Lipinski definition) is 1. The molecule has 1 unspecified atom stereocenters. The van der Waals surface area contributed by atoms with Crippen LogP contribution in [0.2, 0.25) is 0 Å². The number of rotatable bonds is 3. The van der Waals surface area contributed by atoms with Crippen LogP contribution in [0.5, 0.6) is 0 Å². The van der Waals surface area contributed by atoms with Gasteiger partial charge >= 0.3 is 0 Å². The van der Waals surface area contributed by atoms with Crippen LogP contribution in [0, 0.1) is 0 Å². The summed E-state index contributed by atoms with van der Waals surface area (Å²) in [5.41, 5.74) is 3.61. The summed E-state index contributed by atoms with van der Waals surface area (Å²) in [7, 11) is 0. The molecular weight excluding hydrogens is 260 g/mol. The highest BCUT2D eigenvalue weighted by molar-refractivity contribution is 6.04. The van der Waals surface area contributed by atoms with Crippen molar-refractivity contribution in [3.63, 3.8) is 0 Å². The van der Waals surface area contributed by atoms with Gasteiger partial charge in [-0.15, -0.1) is 0 Å². The molecule has 2 aromatic carbocycles. The third-order valence-electron chi connectivity index (χ3n) is 4.13. The highest BCUT2D eigenvalue weighted by Crippen LogP contribution is 2.40. The Bertz CT molecular complexity index is 706.